The third kappa shape index (κ3) is 2.56. The Bertz CT molecular complexity index is 857. The van der Waals surface area contributed by atoms with Crippen LogP contribution in [0.1, 0.15) is 5.56 Å². The molecule has 0 bridgehead atoms. The Morgan fingerprint density at radius 2 is 2.09 bits per heavy atom. The highest BCUT2D eigenvalue weighted by Crippen LogP contribution is 2.32. The van der Waals surface area contributed by atoms with Crippen LogP contribution in [0.2, 0.25) is 0 Å². The minimum Gasteiger partial charge on any atom is -0.494 e. The van der Waals surface area contributed by atoms with Gasteiger partial charge in [0, 0.05) is 6.07 Å². The fraction of sp³-hybridized carbons (Fsp3) is 0.133. The summed E-state index contributed by atoms with van der Waals surface area (Å²) in [6.07, 6.45) is 0. The molecule has 3 aromatic rings. The third-order valence-corrected chi connectivity index (χ3v) is 3.18. The third-order valence-electron chi connectivity index (χ3n) is 3.18. The van der Waals surface area contributed by atoms with Gasteiger partial charge in [-0.3, -0.25) is 10.1 Å². The minimum absolute atomic E-state index is 0.0458. The van der Waals surface area contributed by atoms with Gasteiger partial charge in [-0.1, -0.05) is 6.07 Å². The van der Waals surface area contributed by atoms with Gasteiger partial charge in [-0.05, 0) is 30.7 Å². The molecular formula is C15H13N3O4. The lowest BCUT2D eigenvalue weighted by molar-refractivity contribution is -0.384. The van der Waals surface area contributed by atoms with E-state index in [0.717, 1.165) is 11.1 Å². The number of ether oxygens (including phenoxy) is 1. The van der Waals surface area contributed by atoms with Crippen molar-refractivity contribution >= 4 is 28.5 Å². The molecule has 3 rings (SSSR count). The number of anilines is 2. The monoisotopic (exact) mass is 299 g/mol. The predicted octanol–water partition coefficient (Wildman–Crippen LogP) is 3.80. The molecule has 1 N–H and O–H groups in total. The summed E-state index contributed by atoms with van der Waals surface area (Å²) in [5.74, 6) is 0.340. The molecular weight excluding hydrogens is 286 g/mol. The van der Waals surface area contributed by atoms with Gasteiger partial charge in [-0.2, -0.15) is 4.98 Å². The van der Waals surface area contributed by atoms with Crippen LogP contribution in [0.15, 0.2) is 40.8 Å². The zero-order valence-electron chi connectivity index (χ0n) is 12.0. The number of methoxy groups -OCH3 is 1. The van der Waals surface area contributed by atoms with Gasteiger partial charge in [-0.25, -0.2) is 0 Å². The molecule has 0 fully saturated rings. The first kappa shape index (κ1) is 13.9. The number of hydrogen-bond acceptors (Lipinski definition) is 6. The molecule has 1 aromatic heterocycles. The van der Waals surface area contributed by atoms with Crippen LogP contribution in [-0.2, 0) is 0 Å². The summed E-state index contributed by atoms with van der Waals surface area (Å²) >= 11 is 0. The van der Waals surface area contributed by atoms with Crippen LogP contribution in [0.4, 0.5) is 17.4 Å². The summed E-state index contributed by atoms with van der Waals surface area (Å²) in [4.78, 5) is 14.6. The van der Waals surface area contributed by atoms with E-state index in [9.17, 15) is 10.1 Å². The van der Waals surface area contributed by atoms with Crippen molar-refractivity contribution < 1.29 is 14.1 Å². The smallest absolute Gasteiger partial charge is 0.300 e. The number of rotatable bonds is 4. The van der Waals surface area contributed by atoms with Crippen molar-refractivity contribution in [2.24, 2.45) is 0 Å². The maximum absolute atomic E-state index is 10.8. The van der Waals surface area contributed by atoms with Crippen molar-refractivity contribution in [1.82, 2.24) is 4.98 Å². The number of non-ortho nitro benzene ring substituents is 1. The number of oxazole rings is 1. The number of aryl methyl sites for hydroxylation is 1. The van der Waals surface area contributed by atoms with E-state index in [0.29, 0.717) is 23.0 Å². The van der Waals surface area contributed by atoms with Crippen LogP contribution in [-0.4, -0.2) is 17.0 Å². The van der Waals surface area contributed by atoms with E-state index in [1.54, 1.807) is 6.07 Å². The SMILES string of the molecule is COc1cc([N+](=O)[O-])ccc1Nc1nc2ccc(C)cc2o1. The fourth-order valence-corrected chi connectivity index (χ4v) is 2.10. The topological polar surface area (TPSA) is 90.4 Å². The van der Waals surface area contributed by atoms with Crippen LogP contribution in [0.25, 0.3) is 11.1 Å². The van der Waals surface area contributed by atoms with Gasteiger partial charge >= 0.3 is 0 Å². The zero-order chi connectivity index (χ0) is 15.7. The van der Waals surface area contributed by atoms with Crippen molar-refractivity contribution in [2.75, 3.05) is 12.4 Å². The first-order valence-electron chi connectivity index (χ1n) is 6.53. The highest BCUT2D eigenvalue weighted by molar-refractivity contribution is 5.76. The predicted molar refractivity (Wildman–Crippen MR) is 81.7 cm³/mol. The van der Waals surface area contributed by atoms with E-state index < -0.39 is 4.92 Å². The second kappa shape index (κ2) is 5.36. The van der Waals surface area contributed by atoms with Crippen LogP contribution in [0, 0.1) is 17.0 Å². The molecule has 2 aromatic carbocycles. The zero-order valence-corrected chi connectivity index (χ0v) is 12.0. The Labute approximate surface area is 125 Å². The lowest BCUT2D eigenvalue weighted by atomic mass is 10.2. The number of benzene rings is 2. The summed E-state index contributed by atoms with van der Waals surface area (Å²) in [5, 5.41) is 13.8. The van der Waals surface area contributed by atoms with Crippen LogP contribution < -0.4 is 10.1 Å². The molecule has 7 nitrogen and oxygen atoms in total. The molecule has 0 saturated heterocycles. The van der Waals surface area contributed by atoms with Gasteiger partial charge < -0.3 is 14.5 Å². The molecule has 0 spiro atoms. The van der Waals surface area contributed by atoms with E-state index in [-0.39, 0.29) is 5.69 Å². The normalized spacial score (nSPS) is 10.6. The Morgan fingerprint density at radius 3 is 2.82 bits per heavy atom. The fourth-order valence-electron chi connectivity index (χ4n) is 2.10. The highest BCUT2D eigenvalue weighted by atomic mass is 16.6. The summed E-state index contributed by atoms with van der Waals surface area (Å²) in [6.45, 7) is 1.97. The maximum Gasteiger partial charge on any atom is 0.300 e. The van der Waals surface area contributed by atoms with Crippen LogP contribution in [0.3, 0.4) is 0 Å². The van der Waals surface area contributed by atoms with Crippen molar-refractivity contribution in [3.8, 4) is 5.75 Å². The standard InChI is InChI=1S/C15H13N3O4/c1-9-3-5-12-14(7-9)22-15(17-12)16-11-6-4-10(18(19)20)8-13(11)21-2/h3-8H,1-2H3,(H,16,17). The lowest BCUT2D eigenvalue weighted by Gasteiger charge is -2.07. The Morgan fingerprint density at radius 1 is 1.27 bits per heavy atom. The highest BCUT2D eigenvalue weighted by Gasteiger charge is 2.13. The van der Waals surface area contributed by atoms with Gasteiger partial charge in [-0.15, -0.1) is 0 Å². The molecule has 0 aliphatic heterocycles. The number of hydrogen-bond donors (Lipinski definition) is 1. The van der Waals surface area contributed by atoms with Crippen LogP contribution >= 0.6 is 0 Å². The minimum atomic E-state index is -0.478. The van der Waals surface area contributed by atoms with Gasteiger partial charge in [0.05, 0.1) is 23.8 Å². The van der Waals surface area contributed by atoms with Gasteiger partial charge in [0.2, 0.25) is 0 Å². The summed E-state index contributed by atoms with van der Waals surface area (Å²) in [5.41, 5.74) is 2.97. The molecule has 22 heavy (non-hydrogen) atoms. The second-order valence-corrected chi connectivity index (χ2v) is 4.76. The van der Waals surface area contributed by atoms with Gasteiger partial charge in [0.15, 0.2) is 5.58 Å². The Balaban J connectivity index is 1.95. The molecule has 0 amide bonds. The maximum atomic E-state index is 10.8. The molecule has 0 atom stereocenters. The van der Waals surface area contributed by atoms with E-state index in [1.807, 2.05) is 25.1 Å². The first-order chi connectivity index (χ1) is 10.6. The van der Waals surface area contributed by atoms with E-state index in [2.05, 4.69) is 10.3 Å². The molecule has 0 radical (unpaired) electrons. The van der Waals surface area contributed by atoms with Crippen molar-refractivity contribution in [3.63, 3.8) is 0 Å². The summed E-state index contributed by atoms with van der Waals surface area (Å²) < 4.78 is 10.8. The Kier molecular flexibility index (Phi) is 3.38. The van der Waals surface area contributed by atoms with E-state index >= 15 is 0 Å². The number of nitrogens with zero attached hydrogens (tertiary/aromatic N) is 2. The van der Waals surface area contributed by atoms with E-state index in [4.69, 9.17) is 9.15 Å². The average molecular weight is 299 g/mol. The quantitative estimate of drug-likeness (QED) is 0.582. The molecule has 7 heteroatoms. The van der Waals surface area contributed by atoms with Gasteiger partial charge in [0.1, 0.15) is 11.3 Å². The molecule has 112 valence electrons. The number of fused-ring (bicyclic) bond motifs is 1. The lowest BCUT2D eigenvalue weighted by Crippen LogP contribution is -1.96. The number of nitrogens with one attached hydrogen (secondary N) is 1. The van der Waals surface area contributed by atoms with Gasteiger partial charge in [0.25, 0.3) is 11.7 Å². The summed E-state index contributed by atoms with van der Waals surface area (Å²) in [7, 11) is 1.44. The van der Waals surface area contributed by atoms with Crippen molar-refractivity contribution in [2.45, 2.75) is 6.92 Å². The molecule has 1 heterocycles. The number of aromatic nitrogens is 1. The molecule has 0 aliphatic carbocycles. The van der Waals surface area contributed by atoms with Crippen LogP contribution in [0.5, 0.6) is 5.75 Å². The van der Waals surface area contributed by atoms with Crippen molar-refractivity contribution in [3.05, 3.63) is 52.1 Å². The van der Waals surface area contributed by atoms with Crippen molar-refractivity contribution in [1.29, 1.82) is 0 Å². The largest absolute Gasteiger partial charge is 0.494 e. The first-order valence-corrected chi connectivity index (χ1v) is 6.53. The number of nitro groups is 1. The molecule has 0 unspecified atom stereocenters. The van der Waals surface area contributed by atoms with E-state index in [1.165, 1.54) is 19.2 Å². The summed E-state index contributed by atoms with van der Waals surface area (Å²) in [6, 6.07) is 10.3. The average Bonchev–Trinajstić information content (AvgIpc) is 2.88. The molecule has 0 aliphatic rings. The molecule has 0 saturated carbocycles. The number of nitro benzene ring substituents is 1. The second-order valence-electron chi connectivity index (χ2n) is 4.76. The Hall–Kier alpha value is -3.09.